The van der Waals surface area contributed by atoms with Crippen molar-refractivity contribution in [3.63, 3.8) is 0 Å². The third-order valence-corrected chi connectivity index (χ3v) is 4.26. The molecule has 5 nitrogen and oxygen atoms in total. The number of carbonyl (C=O) groups excluding carboxylic acids is 1. The highest BCUT2D eigenvalue weighted by Crippen LogP contribution is 2.35. The molecule has 1 aliphatic rings. The van der Waals surface area contributed by atoms with Crippen molar-refractivity contribution in [1.29, 1.82) is 0 Å². The molecule has 0 radical (unpaired) electrons. The van der Waals surface area contributed by atoms with Crippen molar-refractivity contribution in [2.45, 2.75) is 12.6 Å². The summed E-state index contributed by atoms with van der Waals surface area (Å²) < 4.78 is 55.1. The van der Waals surface area contributed by atoms with Gasteiger partial charge in [0.25, 0.3) is 5.91 Å². The number of para-hydroxylation sites is 1. The van der Waals surface area contributed by atoms with E-state index in [4.69, 9.17) is 5.73 Å². The van der Waals surface area contributed by atoms with Gasteiger partial charge in [0.2, 0.25) is 0 Å². The van der Waals surface area contributed by atoms with Crippen LogP contribution in [0.2, 0.25) is 0 Å². The van der Waals surface area contributed by atoms with Gasteiger partial charge in [-0.2, -0.15) is 18.3 Å². The quantitative estimate of drug-likeness (QED) is 0.860. The summed E-state index contributed by atoms with van der Waals surface area (Å²) >= 11 is 0. The molecule has 0 saturated carbocycles. The lowest BCUT2D eigenvalue weighted by Gasteiger charge is -2.18. The Morgan fingerprint density at radius 3 is 2.64 bits per heavy atom. The number of amides is 1. The van der Waals surface area contributed by atoms with E-state index in [1.165, 1.54) is 23.1 Å². The summed E-state index contributed by atoms with van der Waals surface area (Å²) in [5.74, 6) is -1.56. The van der Waals surface area contributed by atoms with Crippen molar-refractivity contribution in [3.8, 4) is 5.69 Å². The van der Waals surface area contributed by atoms with Crippen LogP contribution in [-0.4, -0.2) is 40.2 Å². The lowest BCUT2D eigenvalue weighted by atomic mass is 10.1. The fourth-order valence-electron chi connectivity index (χ4n) is 2.96. The number of nitrogens with two attached hydrogens (primary N) is 1. The Labute approximate surface area is 141 Å². The number of rotatable bonds is 3. The van der Waals surface area contributed by atoms with Gasteiger partial charge < -0.3 is 10.6 Å². The first kappa shape index (κ1) is 17.4. The highest BCUT2D eigenvalue weighted by molar-refractivity contribution is 5.95. The zero-order valence-electron chi connectivity index (χ0n) is 13.1. The maximum absolute atomic E-state index is 13.9. The molecule has 0 bridgehead atoms. The van der Waals surface area contributed by atoms with Crippen LogP contribution in [0.5, 0.6) is 0 Å². The predicted octanol–water partition coefficient (Wildman–Crippen LogP) is 2.45. The number of likely N-dealkylation sites (tertiary alicyclic amines) is 1. The fourth-order valence-corrected chi connectivity index (χ4v) is 2.96. The van der Waals surface area contributed by atoms with Crippen molar-refractivity contribution < 1.29 is 22.4 Å². The summed E-state index contributed by atoms with van der Waals surface area (Å²) in [7, 11) is 0. The number of nitrogens with zero attached hydrogens (tertiary/aromatic N) is 3. The van der Waals surface area contributed by atoms with E-state index in [2.05, 4.69) is 5.10 Å². The van der Waals surface area contributed by atoms with Crippen LogP contribution in [-0.2, 0) is 6.18 Å². The number of halogens is 4. The average Bonchev–Trinajstić information content (AvgIpc) is 3.21. The molecule has 1 amide bonds. The minimum absolute atomic E-state index is 0.0694. The zero-order chi connectivity index (χ0) is 18.2. The van der Waals surface area contributed by atoms with Crippen molar-refractivity contribution >= 4 is 5.91 Å². The minimum atomic E-state index is -4.86. The summed E-state index contributed by atoms with van der Waals surface area (Å²) in [6.07, 6.45) is -3.38. The molecule has 1 aliphatic heterocycles. The molecule has 25 heavy (non-hydrogen) atoms. The van der Waals surface area contributed by atoms with E-state index in [0.29, 0.717) is 30.7 Å². The Morgan fingerprint density at radius 2 is 2.04 bits per heavy atom. The number of alkyl halides is 3. The Bertz CT molecular complexity index is 787. The van der Waals surface area contributed by atoms with Crippen molar-refractivity contribution in [3.05, 3.63) is 47.5 Å². The molecular formula is C16H16F4N4O. The van der Waals surface area contributed by atoms with Crippen LogP contribution in [0.15, 0.2) is 30.5 Å². The SMILES string of the molecule is NC[C@@H]1CCN(C(=O)c2cnn(-c3ccccc3F)c2C(F)(F)F)C1. The Kier molecular flexibility index (Phi) is 4.51. The highest BCUT2D eigenvalue weighted by Gasteiger charge is 2.42. The second-order valence-corrected chi connectivity index (χ2v) is 5.91. The summed E-state index contributed by atoms with van der Waals surface area (Å²) in [6, 6.07) is 4.96. The van der Waals surface area contributed by atoms with E-state index >= 15 is 0 Å². The smallest absolute Gasteiger partial charge is 0.338 e. The van der Waals surface area contributed by atoms with E-state index in [-0.39, 0.29) is 11.6 Å². The van der Waals surface area contributed by atoms with Gasteiger partial charge in [-0.3, -0.25) is 4.79 Å². The summed E-state index contributed by atoms with van der Waals surface area (Å²) in [5, 5.41) is 3.63. The van der Waals surface area contributed by atoms with Gasteiger partial charge in [0.1, 0.15) is 11.5 Å². The lowest BCUT2D eigenvalue weighted by molar-refractivity contribution is -0.143. The summed E-state index contributed by atoms with van der Waals surface area (Å²) in [4.78, 5) is 13.9. The van der Waals surface area contributed by atoms with Crippen molar-refractivity contribution in [2.75, 3.05) is 19.6 Å². The monoisotopic (exact) mass is 356 g/mol. The van der Waals surface area contributed by atoms with Gasteiger partial charge in [-0.15, -0.1) is 0 Å². The van der Waals surface area contributed by atoms with E-state index in [1.54, 1.807) is 0 Å². The van der Waals surface area contributed by atoms with Gasteiger partial charge in [0.05, 0.1) is 11.8 Å². The molecular weight excluding hydrogens is 340 g/mol. The van der Waals surface area contributed by atoms with Crippen LogP contribution in [0, 0.1) is 11.7 Å². The third-order valence-electron chi connectivity index (χ3n) is 4.26. The summed E-state index contributed by atoms with van der Waals surface area (Å²) in [5.41, 5.74) is 3.32. The topological polar surface area (TPSA) is 64.2 Å². The summed E-state index contributed by atoms with van der Waals surface area (Å²) in [6.45, 7) is 1.00. The van der Waals surface area contributed by atoms with Gasteiger partial charge in [0, 0.05) is 13.1 Å². The van der Waals surface area contributed by atoms with Crippen molar-refractivity contribution in [1.82, 2.24) is 14.7 Å². The fraction of sp³-hybridized carbons (Fsp3) is 0.375. The number of hydrogen-bond acceptors (Lipinski definition) is 3. The maximum atomic E-state index is 13.9. The van der Waals surface area contributed by atoms with Crippen LogP contribution in [0.3, 0.4) is 0 Å². The Balaban J connectivity index is 2.04. The van der Waals surface area contributed by atoms with Gasteiger partial charge in [-0.25, -0.2) is 9.07 Å². The van der Waals surface area contributed by atoms with Crippen molar-refractivity contribution in [2.24, 2.45) is 11.7 Å². The molecule has 9 heteroatoms. The molecule has 1 fully saturated rings. The molecule has 0 spiro atoms. The predicted molar refractivity (Wildman–Crippen MR) is 81.6 cm³/mol. The largest absolute Gasteiger partial charge is 0.434 e. The van der Waals surface area contributed by atoms with E-state index in [0.717, 1.165) is 12.3 Å². The second kappa shape index (κ2) is 6.47. The first-order chi connectivity index (χ1) is 11.8. The molecule has 2 heterocycles. The second-order valence-electron chi connectivity index (χ2n) is 5.91. The molecule has 1 aromatic heterocycles. The van der Waals surface area contributed by atoms with Gasteiger partial charge in [0.15, 0.2) is 5.69 Å². The number of carbonyl (C=O) groups is 1. The molecule has 1 aromatic carbocycles. The molecule has 1 saturated heterocycles. The van der Waals surface area contributed by atoms with Gasteiger partial charge in [-0.05, 0) is 31.0 Å². The average molecular weight is 356 g/mol. The van der Waals surface area contributed by atoms with E-state index < -0.39 is 29.2 Å². The normalized spacial score (nSPS) is 18.0. The molecule has 134 valence electrons. The van der Waals surface area contributed by atoms with Gasteiger partial charge in [-0.1, -0.05) is 12.1 Å². The van der Waals surface area contributed by atoms with Crippen LogP contribution in [0.1, 0.15) is 22.5 Å². The Hall–Kier alpha value is -2.42. The molecule has 0 unspecified atom stereocenters. The third kappa shape index (κ3) is 3.23. The molecule has 2 aromatic rings. The van der Waals surface area contributed by atoms with E-state index in [9.17, 15) is 22.4 Å². The first-order valence-electron chi connectivity index (χ1n) is 7.72. The molecule has 3 rings (SSSR count). The van der Waals surface area contributed by atoms with Gasteiger partial charge >= 0.3 is 6.18 Å². The minimum Gasteiger partial charge on any atom is -0.338 e. The zero-order valence-corrected chi connectivity index (χ0v) is 13.1. The molecule has 1 atom stereocenters. The molecule has 0 aliphatic carbocycles. The number of hydrogen-bond donors (Lipinski definition) is 1. The standard InChI is InChI=1S/C16H16F4N4O/c17-12-3-1-2-4-13(12)24-14(16(18,19)20)11(8-22-24)15(25)23-6-5-10(7-21)9-23/h1-4,8,10H,5-7,9,21H2/t10-/m0/s1. The van der Waals surface area contributed by atoms with E-state index in [1.807, 2.05) is 0 Å². The lowest BCUT2D eigenvalue weighted by Crippen LogP contribution is -2.31. The molecule has 2 N–H and O–H groups in total. The number of aromatic nitrogens is 2. The van der Waals surface area contributed by atoms with Crippen LogP contribution in [0.4, 0.5) is 17.6 Å². The van der Waals surface area contributed by atoms with Crippen LogP contribution >= 0.6 is 0 Å². The first-order valence-corrected chi connectivity index (χ1v) is 7.72. The Morgan fingerprint density at radius 1 is 1.32 bits per heavy atom. The van der Waals surface area contributed by atoms with Crippen LogP contribution < -0.4 is 5.73 Å². The van der Waals surface area contributed by atoms with Crippen LogP contribution in [0.25, 0.3) is 5.69 Å². The number of benzene rings is 1. The maximum Gasteiger partial charge on any atom is 0.434 e. The highest BCUT2D eigenvalue weighted by atomic mass is 19.4.